The summed E-state index contributed by atoms with van der Waals surface area (Å²) in [6.07, 6.45) is 2.95. The number of ketones is 1. The fourth-order valence-electron chi connectivity index (χ4n) is 6.03. The minimum absolute atomic E-state index is 0.0113. The van der Waals surface area contributed by atoms with Gasteiger partial charge >= 0.3 is 0 Å². The molecule has 29 heavy (non-hydrogen) atoms. The van der Waals surface area contributed by atoms with Gasteiger partial charge in [-0.3, -0.25) is 4.79 Å². The van der Waals surface area contributed by atoms with E-state index in [2.05, 4.69) is 18.0 Å². The Morgan fingerprint density at radius 2 is 2.07 bits per heavy atom. The Hall–Kier alpha value is -2.05. The highest BCUT2D eigenvalue weighted by molar-refractivity contribution is 6.03. The maximum atomic E-state index is 13.4. The summed E-state index contributed by atoms with van der Waals surface area (Å²) in [6, 6.07) is 3.96. The fraction of sp³-hybridized carbons (Fsp3) is 0.609. The summed E-state index contributed by atoms with van der Waals surface area (Å²) in [5.41, 5.74) is 1.09. The van der Waals surface area contributed by atoms with Crippen LogP contribution in [0.25, 0.3) is 0 Å². The Bertz CT molecular complexity index is 880. The van der Waals surface area contributed by atoms with E-state index in [1.807, 2.05) is 45.1 Å². The van der Waals surface area contributed by atoms with E-state index >= 15 is 0 Å². The van der Waals surface area contributed by atoms with Crippen molar-refractivity contribution in [1.82, 2.24) is 9.80 Å². The van der Waals surface area contributed by atoms with Crippen LogP contribution in [-0.2, 0) is 16.6 Å². The number of rotatable bonds is 2. The van der Waals surface area contributed by atoms with E-state index in [1.54, 1.807) is 7.11 Å². The van der Waals surface area contributed by atoms with Crippen molar-refractivity contribution in [2.24, 2.45) is 0 Å². The third kappa shape index (κ3) is 2.39. The van der Waals surface area contributed by atoms with Crippen molar-refractivity contribution in [3.05, 3.63) is 35.0 Å². The SMILES string of the molecule is CC.COc1ccc2c3c1OC1C(=O)C(=CN(C)C)CC4(O)C(C2)N(C)CCC314. The van der Waals surface area contributed by atoms with Crippen LogP contribution in [0.3, 0.4) is 0 Å². The zero-order valence-corrected chi connectivity index (χ0v) is 18.3. The van der Waals surface area contributed by atoms with Gasteiger partial charge in [0, 0.05) is 43.9 Å². The summed E-state index contributed by atoms with van der Waals surface area (Å²) < 4.78 is 11.9. The van der Waals surface area contributed by atoms with Crippen LogP contribution in [0.1, 0.15) is 37.8 Å². The van der Waals surface area contributed by atoms with Gasteiger partial charge in [0.05, 0.1) is 18.1 Å². The average molecular weight is 401 g/mol. The minimum atomic E-state index is -1.04. The quantitative estimate of drug-likeness (QED) is 0.768. The molecular formula is C23H32N2O4. The van der Waals surface area contributed by atoms with Crippen molar-refractivity contribution in [1.29, 1.82) is 0 Å². The van der Waals surface area contributed by atoms with E-state index < -0.39 is 17.1 Å². The number of piperidine rings is 1. The normalized spacial score (nSPS) is 35.4. The van der Waals surface area contributed by atoms with Crippen LogP contribution in [0.4, 0.5) is 0 Å². The summed E-state index contributed by atoms with van der Waals surface area (Å²) in [6.45, 7) is 4.84. The lowest BCUT2D eigenvalue weighted by Crippen LogP contribution is -2.76. The molecule has 2 aliphatic heterocycles. The Labute approximate surface area is 173 Å². The lowest BCUT2D eigenvalue weighted by Gasteiger charge is -2.62. The van der Waals surface area contributed by atoms with Gasteiger partial charge in [-0.05, 0) is 38.1 Å². The van der Waals surface area contributed by atoms with Crippen molar-refractivity contribution in [2.45, 2.75) is 56.3 Å². The number of benzene rings is 1. The van der Waals surface area contributed by atoms with Gasteiger partial charge in [0.2, 0.25) is 5.78 Å². The molecule has 1 aromatic rings. The number of hydrogen-bond donors (Lipinski definition) is 1. The monoisotopic (exact) mass is 400 g/mol. The van der Waals surface area contributed by atoms with E-state index in [-0.39, 0.29) is 11.8 Å². The molecule has 0 aromatic heterocycles. The standard InChI is InChI=1S/C21H26N2O4.C2H6/c1-22(2)11-13-10-21(25)15-9-12-5-6-14(26-4)18-16(12)20(21,7-8-23(15)3)19(27-18)17(13)24;1-2/h5-6,11,15,19,25H,7-10H2,1-4H3;1-2H3. The summed E-state index contributed by atoms with van der Waals surface area (Å²) in [7, 11) is 7.48. The number of nitrogens with zero attached hydrogens (tertiary/aromatic N) is 2. The molecule has 4 aliphatic rings. The van der Waals surface area contributed by atoms with Gasteiger partial charge in [-0.1, -0.05) is 19.9 Å². The van der Waals surface area contributed by atoms with Gasteiger partial charge in [0.15, 0.2) is 17.6 Å². The Morgan fingerprint density at radius 1 is 1.34 bits per heavy atom. The smallest absolute Gasteiger partial charge is 0.201 e. The van der Waals surface area contributed by atoms with Crippen LogP contribution < -0.4 is 9.47 Å². The first-order valence-corrected chi connectivity index (χ1v) is 10.5. The number of Topliss-reactive ketones (excluding diaryl/α,β-unsaturated/α-hetero) is 1. The van der Waals surface area contributed by atoms with E-state index in [9.17, 15) is 9.90 Å². The molecule has 1 spiro atoms. The number of carbonyl (C=O) groups excluding carboxylic acids is 1. The number of hydrogen-bond acceptors (Lipinski definition) is 6. The van der Waals surface area contributed by atoms with Crippen LogP contribution in [0, 0.1) is 0 Å². The fourth-order valence-corrected chi connectivity index (χ4v) is 6.03. The van der Waals surface area contributed by atoms with Crippen LogP contribution >= 0.6 is 0 Å². The number of ether oxygens (including phenoxy) is 2. The summed E-state index contributed by atoms with van der Waals surface area (Å²) >= 11 is 0. The molecule has 2 fully saturated rings. The van der Waals surface area contributed by atoms with E-state index in [0.29, 0.717) is 29.9 Å². The highest BCUT2D eigenvalue weighted by atomic mass is 16.5. The molecule has 1 saturated carbocycles. The molecule has 0 radical (unpaired) electrons. The van der Waals surface area contributed by atoms with Crippen LogP contribution in [-0.4, -0.2) is 73.2 Å². The molecule has 0 amide bonds. The minimum Gasteiger partial charge on any atom is -0.493 e. The molecule has 6 heteroatoms. The van der Waals surface area contributed by atoms with Gasteiger partial charge in [0.1, 0.15) is 0 Å². The third-order valence-electron chi connectivity index (χ3n) is 7.11. The van der Waals surface area contributed by atoms with Gasteiger partial charge in [-0.25, -0.2) is 0 Å². The van der Waals surface area contributed by atoms with Gasteiger partial charge in [0.25, 0.3) is 0 Å². The van der Waals surface area contributed by atoms with Gasteiger partial charge in [-0.15, -0.1) is 0 Å². The van der Waals surface area contributed by atoms with Crippen LogP contribution in [0.15, 0.2) is 23.9 Å². The van der Waals surface area contributed by atoms with Crippen molar-refractivity contribution < 1.29 is 19.4 Å². The molecule has 4 atom stereocenters. The molecular weight excluding hydrogens is 368 g/mol. The van der Waals surface area contributed by atoms with Crippen LogP contribution in [0.2, 0.25) is 0 Å². The summed E-state index contributed by atoms with van der Waals surface area (Å²) in [5.74, 6) is 1.28. The first-order chi connectivity index (χ1) is 13.8. The topological polar surface area (TPSA) is 62.2 Å². The number of aliphatic hydroxyl groups is 1. The lowest BCUT2D eigenvalue weighted by atomic mass is 9.48. The van der Waals surface area contributed by atoms with Crippen molar-refractivity contribution in [3.8, 4) is 11.5 Å². The molecule has 1 aromatic carbocycles. The van der Waals surface area contributed by atoms with E-state index in [1.165, 1.54) is 5.56 Å². The lowest BCUT2D eigenvalue weighted by molar-refractivity contribution is -0.176. The second kappa shape index (κ2) is 6.74. The maximum absolute atomic E-state index is 13.4. The third-order valence-corrected chi connectivity index (χ3v) is 7.11. The molecule has 1 N–H and O–H groups in total. The van der Waals surface area contributed by atoms with Gasteiger partial charge in [-0.2, -0.15) is 0 Å². The highest BCUT2D eigenvalue weighted by Gasteiger charge is 2.73. The molecule has 6 nitrogen and oxygen atoms in total. The van der Waals surface area contributed by atoms with Crippen molar-refractivity contribution in [2.75, 3.05) is 34.8 Å². The Kier molecular flexibility index (Phi) is 4.70. The zero-order chi connectivity index (χ0) is 21.1. The average Bonchev–Trinajstić information content (AvgIpc) is 3.05. The first kappa shape index (κ1) is 20.2. The van der Waals surface area contributed by atoms with E-state index in [0.717, 1.165) is 18.5 Å². The number of carbonyl (C=O) groups is 1. The predicted molar refractivity (Wildman–Crippen MR) is 112 cm³/mol. The molecule has 1 saturated heterocycles. The van der Waals surface area contributed by atoms with Crippen LogP contribution in [0.5, 0.6) is 11.5 Å². The number of methoxy groups -OCH3 is 1. The Morgan fingerprint density at radius 3 is 2.72 bits per heavy atom. The molecule has 4 unspecified atom stereocenters. The molecule has 158 valence electrons. The largest absolute Gasteiger partial charge is 0.493 e. The maximum Gasteiger partial charge on any atom is 0.201 e. The highest BCUT2D eigenvalue weighted by Crippen LogP contribution is 2.65. The van der Waals surface area contributed by atoms with Crippen molar-refractivity contribution >= 4 is 5.78 Å². The first-order valence-electron chi connectivity index (χ1n) is 10.5. The molecule has 2 aliphatic carbocycles. The number of likely N-dealkylation sites (tertiary alicyclic amines) is 1. The van der Waals surface area contributed by atoms with E-state index in [4.69, 9.17) is 9.47 Å². The Balaban J connectivity index is 0.000000994. The second-order valence-corrected chi connectivity index (χ2v) is 8.63. The van der Waals surface area contributed by atoms with Crippen molar-refractivity contribution in [3.63, 3.8) is 0 Å². The zero-order valence-electron chi connectivity index (χ0n) is 18.3. The second-order valence-electron chi connectivity index (χ2n) is 8.63. The number of likely N-dealkylation sites (N-methyl/N-ethyl adjacent to an activating group) is 1. The molecule has 2 bridgehead atoms. The summed E-state index contributed by atoms with van der Waals surface area (Å²) in [5, 5.41) is 12.2. The molecule has 5 rings (SSSR count). The predicted octanol–water partition coefficient (Wildman–Crippen LogP) is 2.13. The summed E-state index contributed by atoms with van der Waals surface area (Å²) in [4.78, 5) is 17.5. The van der Waals surface area contributed by atoms with Gasteiger partial charge < -0.3 is 24.4 Å². The molecule has 2 heterocycles.